The van der Waals surface area contributed by atoms with Crippen molar-refractivity contribution < 1.29 is 27.8 Å². The molecule has 0 saturated carbocycles. The summed E-state index contributed by atoms with van der Waals surface area (Å²) in [5.74, 6) is -0.489. The third kappa shape index (κ3) is 5.80. The van der Waals surface area contributed by atoms with Crippen molar-refractivity contribution in [2.75, 3.05) is 26.2 Å². The van der Waals surface area contributed by atoms with E-state index in [1.54, 1.807) is 18.2 Å². The Balaban J connectivity index is 1.57. The Morgan fingerprint density at radius 1 is 0.947 bits per heavy atom. The minimum Gasteiger partial charge on any atom is -0.439 e. The van der Waals surface area contributed by atoms with E-state index < -0.39 is 6.23 Å². The summed E-state index contributed by atoms with van der Waals surface area (Å²) in [5.41, 5.74) is 2.69. The van der Waals surface area contributed by atoms with Crippen LogP contribution in [0.3, 0.4) is 0 Å². The molecule has 0 aromatic heterocycles. The van der Waals surface area contributed by atoms with Crippen LogP contribution in [-0.4, -0.2) is 47.9 Å². The number of nitrogens with zero attached hydrogens (tertiary/aromatic N) is 2. The first-order valence-electron chi connectivity index (χ1n) is 13.4. The molecule has 5 nitrogen and oxygen atoms in total. The molecule has 2 aliphatic heterocycles. The average Bonchev–Trinajstić information content (AvgIpc) is 3.43. The van der Waals surface area contributed by atoms with E-state index in [1.807, 2.05) is 37.3 Å². The van der Waals surface area contributed by atoms with Crippen LogP contribution in [0.2, 0.25) is 0 Å². The molecule has 3 aromatic carbocycles. The van der Waals surface area contributed by atoms with E-state index in [1.165, 1.54) is 24.3 Å². The van der Waals surface area contributed by atoms with Gasteiger partial charge in [0, 0.05) is 6.42 Å². The highest BCUT2D eigenvalue weighted by Crippen LogP contribution is 2.41. The number of ether oxygens (including phenoxy) is 1. The Morgan fingerprint density at radius 3 is 2.37 bits per heavy atom. The van der Waals surface area contributed by atoms with Gasteiger partial charge >= 0.3 is 5.91 Å². The Kier molecular flexibility index (Phi) is 8.17. The van der Waals surface area contributed by atoms with E-state index in [-0.39, 0.29) is 41.3 Å². The van der Waals surface area contributed by atoms with Crippen LogP contribution in [0.4, 0.5) is 8.78 Å². The van der Waals surface area contributed by atoms with Crippen molar-refractivity contribution >= 4 is 5.91 Å². The number of carbonyl (C=O) groups is 1. The molecule has 2 saturated heterocycles. The molecule has 0 bridgehead atoms. The minimum atomic E-state index is -0.725. The van der Waals surface area contributed by atoms with E-state index in [0.29, 0.717) is 12.3 Å². The minimum absolute atomic E-state index is 0.0561. The fraction of sp³-hybridized carbons (Fsp3) is 0.387. The lowest BCUT2D eigenvalue weighted by molar-refractivity contribution is -1.08. The number of quaternary nitrogens is 1. The molecular weight excluding hydrogens is 486 g/mol. The summed E-state index contributed by atoms with van der Waals surface area (Å²) >= 11 is 0. The number of hydrogen-bond donors (Lipinski definition) is 0. The smallest absolute Gasteiger partial charge is 0.363 e. The van der Waals surface area contributed by atoms with Gasteiger partial charge in [0.15, 0.2) is 0 Å². The van der Waals surface area contributed by atoms with Gasteiger partial charge in [0.1, 0.15) is 37.1 Å². The van der Waals surface area contributed by atoms with Crippen molar-refractivity contribution in [3.8, 4) is 5.75 Å². The predicted octanol–water partition coefficient (Wildman–Crippen LogP) is 6.13. The van der Waals surface area contributed by atoms with Crippen molar-refractivity contribution in [2.24, 2.45) is 0 Å². The lowest BCUT2D eigenvalue weighted by Gasteiger charge is -2.45. The van der Waals surface area contributed by atoms with Gasteiger partial charge in [-0.25, -0.2) is 13.6 Å². The molecule has 0 N–H and O–H groups in total. The van der Waals surface area contributed by atoms with Crippen LogP contribution in [0.5, 0.6) is 5.75 Å². The normalized spacial score (nSPS) is 23.9. The number of hydrogen-bond acceptors (Lipinski definition) is 4. The maximum absolute atomic E-state index is 14.3. The topological polar surface area (TPSA) is 38.8 Å². The van der Waals surface area contributed by atoms with Crippen LogP contribution in [0.15, 0.2) is 72.8 Å². The zero-order valence-corrected chi connectivity index (χ0v) is 21.8. The molecule has 5 rings (SSSR count). The summed E-state index contributed by atoms with van der Waals surface area (Å²) in [6.45, 7) is 4.62. The summed E-state index contributed by atoms with van der Waals surface area (Å²) in [6, 6.07) is 20.4. The van der Waals surface area contributed by atoms with Gasteiger partial charge in [0.2, 0.25) is 0 Å². The number of hydroxylamine groups is 3. The Labute approximate surface area is 223 Å². The first-order chi connectivity index (χ1) is 18.4. The fourth-order valence-corrected chi connectivity index (χ4v) is 5.78. The third-order valence-corrected chi connectivity index (χ3v) is 7.75. The first kappa shape index (κ1) is 26.5. The Bertz CT molecular complexity index is 1230. The van der Waals surface area contributed by atoms with Crippen molar-refractivity contribution in [2.45, 2.75) is 51.4 Å². The number of aryl methyl sites for hydroxylation is 1. The first-order valence-corrected chi connectivity index (χ1v) is 13.4. The molecule has 2 fully saturated rings. The molecule has 7 heteroatoms. The van der Waals surface area contributed by atoms with Crippen molar-refractivity contribution in [1.29, 1.82) is 0 Å². The lowest BCUT2D eigenvalue weighted by atomic mass is 9.85. The zero-order valence-electron chi connectivity index (χ0n) is 21.8. The molecule has 2 aliphatic rings. The number of carbonyl (C=O) groups excluding carboxylic acids is 1. The third-order valence-electron chi connectivity index (χ3n) is 7.75. The molecule has 2 heterocycles. The summed E-state index contributed by atoms with van der Waals surface area (Å²) < 4.78 is 34.1. The molecular formula is C31H35F2N2O3+. The van der Waals surface area contributed by atoms with E-state index in [9.17, 15) is 13.6 Å². The molecule has 3 aromatic rings. The summed E-state index contributed by atoms with van der Waals surface area (Å²) in [5, 5.41) is 0. The molecule has 0 spiro atoms. The van der Waals surface area contributed by atoms with E-state index in [2.05, 4.69) is 4.90 Å². The van der Waals surface area contributed by atoms with Gasteiger partial charge in [-0.2, -0.15) is 4.84 Å². The summed E-state index contributed by atoms with van der Waals surface area (Å²) in [6.07, 6.45) is 2.92. The molecule has 1 amide bonds. The number of rotatable bonds is 8. The van der Waals surface area contributed by atoms with Crippen LogP contribution < -0.4 is 4.74 Å². The standard InChI is InChI=1S/C31H35F2N2O3/c1-23-20-26(33)13-16-28(23)29-10-7-19-35(30(36)21-34-17-5-6-18-34,37-22-24-8-3-2-4-9-24)31(29)38-27-14-11-25(32)12-15-27/h2-4,8-9,11-16,20,29,31H,5-7,10,17-19,21-22H2,1H3/q+1. The Morgan fingerprint density at radius 2 is 1.66 bits per heavy atom. The maximum atomic E-state index is 14.3. The van der Waals surface area contributed by atoms with Crippen molar-refractivity contribution in [1.82, 2.24) is 4.90 Å². The van der Waals surface area contributed by atoms with Gasteiger partial charge < -0.3 is 4.74 Å². The van der Waals surface area contributed by atoms with Crippen LogP contribution in [-0.2, 0) is 16.2 Å². The predicted molar refractivity (Wildman–Crippen MR) is 141 cm³/mol. The zero-order chi connectivity index (χ0) is 26.5. The number of piperidine rings is 1. The number of amides is 1. The second kappa shape index (κ2) is 11.7. The highest BCUT2D eigenvalue weighted by Gasteiger charge is 2.55. The van der Waals surface area contributed by atoms with Gasteiger partial charge in [0.25, 0.3) is 6.23 Å². The lowest BCUT2D eigenvalue weighted by Crippen LogP contribution is -2.67. The highest BCUT2D eigenvalue weighted by molar-refractivity contribution is 5.71. The van der Waals surface area contributed by atoms with Gasteiger partial charge in [-0.15, -0.1) is 0 Å². The van der Waals surface area contributed by atoms with Gasteiger partial charge in [-0.1, -0.05) is 41.0 Å². The van der Waals surface area contributed by atoms with Crippen LogP contribution in [0.25, 0.3) is 0 Å². The Hall–Kier alpha value is -3.13. The molecule has 3 atom stereocenters. The summed E-state index contributed by atoms with van der Waals surface area (Å²) in [7, 11) is 0. The SMILES string of the molecule is Cc1cc(F)ccc1C1CCC[N+](OCc2ccccc2)(C(=O)CN2CCCC2)C1Oc1ccc(F)cc1. The maximum Gasteiger partial charge on any atom is 0.363 e. The number of likely N-dealkylation sites (tertiary alicyclic amines) is 2. The molecule has 0 radical (unpaired) electrons. The second-order valence-electron chi connectivity index (χ2n) is 10.4. The van der Waals surface area contributed by atoms with Gasteiger partial charge in [-0.3, -0.25) is 4.90 Å². The number of benzene rings is 3. The van der Waals surface area contributed by atoms with E-state index in [0.717, 1.165) is 55.5 Å². The largest absolute Gasteiger partial charge is 0.439 e. The van der Waals surface area contributed by atoms with E-state index in [4.69, 9.17) is 9.57 Å². The molecule has 3 unspecified atom stereocenters. The fourth-order valence-electron chi connectivity index (χ4n) is 5.78. The van der Waals surface area contributed by atoms with E-state index >= 15 is 0 Å². The van der Waals surface area contributed by atoms with Crippen molar-refractivity contribution in [3.05, 3.63) is 101 Å². The summed E-state index contributed by atoms with van der Waals surface area (Å²) in [4.78, 5) is 23.1. The van der Waals surface area contributed by atoms with Gasteiger partial charge in [0.05, 0.1) is 5.92 Å². The molecule has 38 heavy (non-hydrogen) atoms. The monoisotopic (exact) mass is 521 g/mol. The van der Waals surface area contributed by atoms with Crippen LogP contribution in [0, 0.1) is 18.6 Å². The van der Waals surface area contributed by atoms with Crippen LogP contribution in [0.1, 0.15) is 48.3 Å². The quantitative estimate of drug-likeness (QED) is 0.335. The van der Waals surface area contributed by atoms with Crippen LogP contribution >= 0.6 is 0 Å². The number of halogens is 2. The second-order valence-corrected chi connectivity index (χ2v) is 10.4. The van der Waals surface area contributed by atoms with Gasteiger partial charge in [-0.05, 0) is 92.4 Å². The molecule has 0 aliphatic carbocycles. The molecule has 200 valence electrons. The average molecular weight is 522 g/mol. The van der Waals surface area contributed by atoms with Crippen molar-refractivity contribution in [3.63, 3.8) is 0 Å². The highest BCUT2D eigenvalue weighted by atomic mass is 19.1.